The van der Waals surface area contributed by atoms with Gasteiger partial charge in [-0.25, -0.2) is 14.6 Å². The number of piperidine rings is 1. The highest BCUT2D eigenvalue weighted by Gasteiger charge is 2.49. The highest BCUT2D eigenvalue weighted by molar-refractivity contribution is 7.16. The molecule has 2 aliphatic carbocycles. The lowest BCUT2D eigenvalue weighted by Gasteiger charge is -2.41. The normalized spacial score (nSPS) is 28.8. The van der Waals surface area contributed by atoms with Crippen LogP contribution in [0.1, 0.15) is 99.1 Å². The minimum Gasteiger partial charge on any atom is -0.389 e. The molecule has 0 radical (unpaired) electrons. The molecule has 2 aliphatic heterocycles. The van der Waals surface area contributed by atoms with Crippen LogP contribution in [0.25, 0.3) is 22.6 Å². The van der Waals surface area contributed by atoms with Crippen molar-refractivity contribution in [1.82, 2.24) is 29.8 Å². The number of likely N-dealkylation sites (tertiary alicyclic amines) is 1. The minimum atomic E-state index is -0.829. The highest BCUT2D eigenvalue weighted by Crippen LogP contribution is 2.55. The zero-order valence-corrected chi connectivity index (χ0v) is 28.0. The molecule has 242 valence electrons. The Kier molecular flexibility index (Phi) is 6.98. The number of hydrogen-bond acceptors (Lipinski definition) is 11. The van der Waals surface area contributed by atoms with E-state index in [1.807, 2.05) is 13.1 Å². The Morgan fingerprint density at radius 2 is 2.02 bits per heavy atom. The van der Waals surface area contributed by atoms with Crippen molar-refractivity contribution in [3.63, 3.8) is 0 Å². The number of aromatic nitrogens is 5. The molecule has 0 amide bonds. The first-order valence-corrected chi connectivity index (χ1v) is 17.7. The molecular formula is C34H43N9O2S. The van der Waals surface area contributed by atoms with Gasteiger partial charge < -0.3 is 25.2 Å². The summed E-state index contributed by atoms with van der Waals surface area (Å²) < 4.78 is 8.41. The van der Waals surface area contributed by atoms with E-state index in [-0.39, 0.29) is 6.04 Å². The molecule has 11 nitrogen and oxygen atoms in total. The molecule has 0 saturated carbocycles. The fourth-order valence-electron chi connectivity index (χ4n) is 9.37. The lowest BCUT2D eigenvalue weighted by molar-refractivity contribution is 0.0283. The van der Waals surface area contributed by atoms with Crippen LogP contribution in [0.4, 0.5) is 10.8 Å². The zero-order chi connectivity index (χ0) is 32.0. The molecule has 0 aromatic carbocycles. The van der Waals surface area contributed by atoms with Gasteiger partial charge in [0.05, 0.1) is 34.2 Å². The number of aryl methyl sites for hydroxylation is 1. The number of nitrogen functional groups attached to an aromatic ring is 1. The van der Waals surface area contributed by atoms with Gasteiger partial charge in [-0.1, -0.05) is 12.1 Å². The standard InChI is InChI=1S/C34H43N9O2S/c1-19-14-33(3,44)18-42(17-19)31-23-16-37-43(20(2)24-9-7-13-41(24)4)32(23)39-30(38-31)27-21-8-5-11-34(28(21)45-40-27)12-6-10-25-26(34)22(15-35)29(36)46-25/h16,19-20,24,44H,5-14,17-18,36H2,1-4H3/t19-,20+,24+,33-,34+/m1/s1. The summed E-state index contributed by atoms with van der Waals surface area (Å²) in [5.41, 5.74) is 9.29. The van der Waals surface area contributed by atoms with E-state index in [1.165, 1.54) is 11.3 Å². The van der Waals surface area contributed by atoms with Gasteiger partial charge in [0.25, 0.3) is 0 Å². The van der Waals surface area contributed by atoms with Crippen LogP contribution in [0, 0.1) is 17.2 Å². The summed E-state index contributed by atoms with van der Waals surface area (Å²) in [5.74, 6) is 2.45. The molecule has 0 unspecified atom stereocenters. The fraction of sp³-hybridized carbons (Fsp3) is 0.618. The van der Waals surface area contributed by atoms with Crippen molar-refractivity contribution in [2.75, 3.05) is 37.3 Å². The minimum absolute atomic E-state index is 0.118. The number of hydrogen-bond donors (Lipinski definition) is 2. The summed E-state index contributed by atoms with van der Waals surface area (Å²) in [6.45, 7) is 8.67. The number of rotatable bonds is 4. The Morgan fingerprint density at radius 3 is 2.76 bits per heavy atom. The Hall–Kier alpha value is -3.53. The number of likely N-dealkylation sites (N-methyl/N-ethyl adjacent to an activating group) is 1. The maximum atomic E-state index is 11.2. The quantitative estimate of drug-likeness (QED) is 0.305. The first kappa shape index (κ1) is 29.8. The molecule has 1 spiro atoms. The van der Waals surface area contributed by atoms with Gasteiger partial charge in [0.1, 0.15) is 16.9 Å². The van der Waals surface area contributed by atoms with Crippen molar-refractivity contribution >= 4 is 33.2 Å². The topological polar surface area (TPSA) is 146 Å². The molecule has 2 saturated heterocycles. The number of nitrogens with two attached hydrogens (primary N) is 1. The van der Waals surface area contributed by atoms with Crippen LogP contribution in [0.3, 0.4) is 0 Å². The van der Waals surface area contributed by atoms with Crippen LogP contribution in [-0.4, -0.2) is 73.2 Å². The van der Waals surface area contributed by atoms with E-state index in [1.54, 1.807) is 11.3 Å². The second-order valence-corrected chi connectivity index (χ2v) is 15.8. The third-order valence-corrected chi connectivity index (χ3v) is 12.3. The maximum Gasteiger partial charge on any atom is 0.186 e. The van der Waals surface area contributed by atoms with Gasteiger partial charge in [0.15, 0.2) is 22.9 Å². The fourth-order valence-corrected chi connectivity index (χ4v) is 10.5. The monoisotopic (exact) mass is 641 g/mol. The molecule has 5 atom stereocenters. The number of nitrogens with zero attached hydrogens (tertiary/aromatic N) is 8. The maximum absolute atomic E-state index is 11.2. The molecule has 4 aliphatic rings. The van der Waals surface area contributed by atoms with Gasteiger partial charge >= 0.3 is 0 Å². The van der Waals surface area contributed by atoms with E-state index in [4.69, 9.17) is 30.5 Å². The lowest BCUT2D eigenvalue weighted by Crippen LogP contribution is -2.49. The number of fused-ring (bicyclic) bond motifs is 5. The van der Waals surface area contributed by atoms with Crippen molar-refractivity contribution in [3.8, 4) is 17.6 Å². The van der Waals surface area contributed by atoms with Crippen molar-refractivity contribution in [3.05, 3.63) is 33.5 Å². The van der Waals surface area contributed by atoms with E-state index in [9.17, 15) is 10.4 Å². The lowest BCUT2D eigenvalue weighted by atomic mass is 9.63. The summed E-state index contributed by atoms with van der Waals surface area (Å²) in [4.78, 5) is 16.3. The summed E-state index contributed by atoms with van der Waals surface area (Å²) in [6.07, 6.45) is 10.4. The van der Waals surface area contributed by atoms with E-state index >= 15 is 0 Å². The van der Waals surface area contributed by atoms with Crippen molar-refractivity contribution in [2.45, 2.75) is 102 Å². The number of aliphatic hydroxyl groups is 1. The molecule has 2 fully saturated rings. The first-order valence-electron chi connectivity index (χ1n) is 16.8. The first-order chi connectivity index (χ1) is 22.1. The predicted molar refractivity (Wildman–Crippen MR) is 178 cm³/mol. The predicted octanol–water partition coefficient (Wildman–Crippen LogP) is 5.21. The molecule has 6 heterocycles. The Morgan fingerprint density at radius 1 is 1.22 bits per heavy atom. The molecule has 8 rings (SSSR count). The van der Waals surface area contributed by atoms with E-state index in [0.717, 1.165) is 98.2 Å². The molecule has 0 bridgehead atoms. The Balaban J connectivity index is 1.30. The Labute approximate surface area is 273 Å². The smallest absolute Gasteiger partial charge is 0.186 e. The summed E-state index contributed by atoms with van der Waals surface area (Å²) in [7, 11) is 2.19. The van der Waals surface area contributed by atoms with Gasteiger partial charge in [-0.15, -0.1) is 11.3 Å². The number of β-amino-alcohol motifs (C(OH)–C–C–N with tert-alkyl or cyclic N) is 1. The Bertz CT molecular complexity index is 1860. The molecule has 4 aromatic rings. The van der Waals surface area contributed by atoms with Gasteiger partial charge in [-0.2, -0.15) is 10.4 Å². The summed E-state index contributed by atoms with van der Waals surface area (Å²) in [5, 5.41) is 32.5. The molecular weight excluding hydrogens is 599 g/mol. The van der Waals surface area contributed by atoms with Crippen molar-refractivity contribution in [1.29, 1.82) is 5.26 Å². The summed E-state index contributed by atoms with van der Waals surface area (Å²) in [6, 6.07) is 2.90. The van der Waals surface area contributed by atoms with Crippen LogP contribution >= 0.6 is 11.3 Å². The SMILES string of the molecule is C[C@H]1CN(c2nc(-c3noc4c3CCC[C@@]43CCCc4sc(N)c(C#N)c43)nc3c2cnn3[C@@H](C)[C@@H]2CCCN2C)C[C@](C)(O)C1. The number of thiophene rings is 1. The van der Waals surface area contributed by atoms with Crippen molar-refractivity contribution in [2.24, 2.45) is 5.92 Å². The second kappa shape index (κ2) is 10.8. The van der Waals surface area contributed by atoms with Crippen LogP contribution < -0.4 is 10.6 Å². The second-order valence-electron chi connectivity index (χ2n) is 14.7. The summed E-state index contributed by atoms with van der Waals surface area (Å²) >= 11 is 1.55. The van der Waals surface area contributed by atoms with E-state index in [0.29, 0.717) is 40.6 Å². The zero-order valence-electron chi connectivity index (χ0n) is 27.2. The highest BCUT2D eigenvalue weighted by atomic mass is 32.1. The van der Waals surface area contributed by atoms with Gasteiger partial charge in [0.2, 0.25) is 0 Å². The van der Waals surface area contributed by atoms with Crippen LogP contribution in [0.15, 0.2) is 10.7 Å². The average molecular weight is 642 g/mol. The van der Waals surface area contributed by atoms with Gasteiger partial charge in [-0.05, 0) is 96.7 Å². The number of nitriles is 1. The average Bonchev–Trinajstić information content (AvgIpc) is 3.80. The largest absolute Gasteiger partial charge is 0.389 e. The van der Waals surface area contributed by atoms with Gasteiger partial charge in [0, 0.05) is 29.6 Å². The third-order valence-electron chi connectivity index (χ3n) is 11.2. The molecule has 46 heavy (non-hydrogen) atoms. The molecule has 3 N–H and O–H groups in total. The van der Waals surface area contributed by atoms with Crippen LogP contribution in [0.5, 0.6) is 0 Å². The number of anilines is 2. The van der Waals surface area contributed by atoms with Crippen LogP contribution in [-0.2, 0) is 18.3 Å². The van der Waals surface area contributed by atoms with Gasteiger partial charge in [-0.3, -0.25) is 0 Å². The molecule has 4 aromatic heterocycles. The van der Waals surface area contributed by atoms with Crippen molar-refractivity contribution < 1.29 is 9.63 Å². The third kappa shape index (κ3) is 4.49. The van der Waals surface area contributed by atoms with E-state index in [2.05, 4.69) is 41.4 Å². The van der Waals surface area contributed by atoms with E-state index < -0.39 is 11.0 Å². The van der Waals surface area contributed by atoms with Crippen LogP contribution in [0.2, 0.25) is 0 Å². The molecule has 12 heteroatoms.